The molecule has 1 aromatic heterocycles. The lowest BCUT2D eigenvalue weighted by atomic mass is 10.2. The molecule has 0 atom stereocenters. The number of thiol groups is 1. The predicted octanol–water partition coefficient (Wildman–Crippen LogP) is 4.36. The number of anilines is 1. The molecule has 5 heteroatoms. The van der Waals surface area contributed by atoms with E-state index in [0.717, 1.165) is 20.6 Å². The van der Waals surface area contributed by atoms with Gasteiger partial charge in [0.1, 0.15) is 0 Å². The molecule has 2 nitrogen and oxygen atoms in total. The summed E-state index contributed by atoms with van der Waals surface area (Å²) >= 11 is 8.98. The summed E-state index contributed by atoms with van der Waals surface area (Å²) in [7, 11) is 0. The van der Waals surface area contributed by atoms with Gasteiger partial charge >= 0.3 is 0 Å². The summed E-state index contributed by atoms with van der Waals surface area (Å²) in [6.45, 7) is 1.99. The number of rotatable bonds is 2. The topological polar surface area (TPSA) is 29.1 Å². The van der Waals surface area contributed by atoms with Crippen molar-refractivity contribution in [3.63, 3.8) is 0 Å². The molecule has 1 amide bonds. The Morgan fingerprint density at radius 3 is 2.82 bits per heavy atom. The van der Waals surface area contributed by atoms with Crippen LogP contribution in [-0.2, 0) is 0 Å². The average Bonchev–Trinajstić information content (AvgIpc) is 2.70. The van der Waals surface area contributed by atoms with Crippen molar-refractivity contribution in [2.45, 2.75) is 11.8 Å². The molecule has 2 rings (SSSR count). The van der Waals surface area contributed by atoms with Crippen LogP contribution in [-0.4, -0.2) is 5.91 Å². The van der Waals surface area contributed by atoms with Crippen molar-refractivity contribution < 1.29 is 4.79 Å². The first-order valence-electron chi connectivity index (χ1n) is 4.91. The van der Waals surface area contributed by atoms with Gasteiger partial charge in [-0.15, -0.1) is 24.0 Å². The van der Waals surface area contributed by atoms with Gasteiger partial charge in [0.2, 0.25) is 0 Å². The Bertz CT molecular complexity index is 565. The third-order valence-corrected chi connectivity index (χ3v) is 4.23. The highest BCUT2D eigenvalue weighted by molar-refractivity contribution is 9.10. The lowest BCUT2D eigenvalue weighted by molar-refractivity contribution is 0.103. The molecule has 1 heterocycles. The van der Waals surface area contributed by atoms with Gasteiger partial charge < -0.3 is 5.32 Å². The van der Waals surface area contributed by atoms with Gasteiger partial charge in [0.15, 0.2) is 0 Å². The summed E-state index contributed by atoms with van der Waals surface area (Å²) in [5.74, 6) is -0.110. The van der Waals surface area contributed by atoms with Gasteiger partial charge in [-0.3, -0.25) is 4.79 Å². The number of aryl methyl sites for hydroxylation is 1. The monoisotopic (exact) mass is 327 g/mol. The standard InChI is InChI=1S/C12H10BrNOS2/c1-7-2-3-9(13)10(4-7)14-12(15)11-5-8(16)6-17-11/h2-6,16H,1H3,(H,14,15). The fraction of sp³-hybridized carbons (Fsp3) is 0.0833. The lowest BCUT2D eigenvalue weighted by Crippen LogP contribution is -2.10. The first-order valence-corrected chi connectivity index (χ1v) is 7.03. The molecular weight excluding hydrogens is 318 g/mol. The van der Waals surface area contributed by atoms with Crippen molar-refractivity contribution >= 4 is 51.5 Å². The number of amides is 1. The maximum absolute atomic E-state index is 11.9. The number of hydrogen-bond acceptors (Lipinski definition) is 3. The van der Waals surface area contributed by atoms with Crippen LogP contribution < -0.4 is 5.32 Å². The van der Waals surface area contributed by atoms with Crippen molar-refractivity contribution in [1.29, 1.82) is 0 Å². The molecule has 2 aromatic rings. The minimum absolute atomic E-state index is 0.110. The summed E-state index contributed by atoms with van der Waals surface area (Å²) in [6.07, 6.45) is 0. The van der Waals surface area contributed by atoms with Gasteiger partial charge in [0, 0.05) is 14.7 Å². The average molecular weight is 328 g/mol. The van der Waals surface area contributed by atoms with Crippen LogP contribution in [0.5, 0.6) is 0 Å². The quantitative estimate of drug-likeness (QED) is 0.788. The number of carbonyl (C=O) groups excluding carboxylic acids is 1. The van der Waals surface area contributed by atoms with Crippen molar-refractivity contribution in [2.24, 2.45) is 0 Å². The van der Waals surface area contributed by atoms with Gasteiger partial charge in [0.25, 0.3) is 5.91 Å². The molecule has 0 aliphatic carbocycles. The van der Waals surface area contributed by atoms with Gasteiger partial charge in [-0.05, 0) is 46.6 Å². The number of nitrogens with one attached hydrogen (secondary N) is 1. The Kier molecular flexibility index (Phi) is 3.91. The van der Waals surface area contributed by atoms with Crippen LogP contribution in [0.15, 0.2) is 39.0 Å². The molecule has 1 aromatic carbocycles. The highest BCUT2D eigenvalue weighted by atomic mass is 79.9. The van der Waals surface area contributed by atoms with E-state index in [1.165, 1.54) is 11.3 Å². The van der Waals surface area contributed by atoms with E-state index in [0.29, 0.717) is 4.88 Å². The Balaban J connectivity index is 2.21. The van der Waals surface area contributed by atoms with Crippen LogP contribution in [0.25, 0.3) is 0 Å². The van der Waals surface area contributed by atoms with Crippen molar-refractivity contribution in [1.82, 2.24) is 0 Å². The zero-order valence-corrected chi connectivity index (χ0v) is 12.3. The molecule has 0 unspecified atom stereocenters. The minimum atomic E-state index is -0.110. The summed E-state index contributed by atoms with van der Waals surface area (Å²) < 4.78 is 0.874. The van der Waals surface area contributed by atoms with E-state index in [4.69, 9.17) is 0 Å². The molecule has 88 valence electrons. The van der Waals surface area contributed by atoms with Crippen molar-refractivity contribution in [2.75, 3.05) is 5.32 Å². The van der Waals surface area contributed by atoms with E-state index in [1.54, 1.807) is 6.07 Å². The molecule has 0 aliphatic rings. The first kappa shape index (κ1) is 12.7. The second-order valence-electron chi connectivity index (χ2n) is 3.61. The summed E-state index contributed by atoms with van der Waals surface area (Å²) in [4.78, 5) is 13.4. The fourth-order valence-electron chi connectivity index (χ4n) is 1.36. The van der Waals surface area contributed by atoms with Crippen LogP contribution in [0.3, 0.4) is 0 Å². The van der Waals surface area contributed by atoms with Gasteiger partial charge in [-0.1, -0.05) is 6.07 Å². The van der Waals surface area contributed by atoms with E-state index >= 15 is 0 Å². The Morgan fingerprint density at radius 1 is 1.41 bits per heavy atom. The van der Waals surface area contributed by atoms with E-state index in [2.05, 4.69) is 33.9 Å². The molecule has 0 aliphatic heterocycles. The maximum Gasteiger partial charge on any atom is 0.265 e. The normalized spacial score (nSPS) is 10.3. The smallest absolute Gasteiger partial charge is 0.265 e. The Hall–Kier alpha value is -0.780. The number of thiophene rings is 1. The van der Waals surface area contributed by atoms with Crippen LogP contribution in [0, 0.1) is 6.92 Å². The molecular formula is C12H10BrNOS2. The number of halogens is 1. The highest BCUT2D eigenvalue weighted by Crippen LogP contribution is 2.25. The number of benzene rings is 1. The van der Waals surface area contributed by atoms with Crippen LogP contribution >= 0.6 is 39.9 Å². The van der Waals surface area contributed by atoms with Gasteiger partial charge in [0.05, 0.1) is 10.6 Å². The second-order valence-corrected chi connectivity index (χ2v) is 5.89. The molecule has 1 N–H and O–H groups in total. The van der Waals surface area contributed by atoms with Crippen LogP contribution in [0.2, 0.25) is 0 Å². The largest absolute Gasteiger partial charge is 0.320 e. The van der Waals surface area contributed by atoms with Gasteiger partial charge in [-0.2, -0.15) is 0 Å². The van der Waals surface area contributed by atoms with Crippen molar-refractivity contribution in [3.8, 4) is 0 Å². The lowest BCUT2D eigenvalue weighted by Gasteiger charge is -2.07. The zero-order chi connectivity index (χ0) is 12.4. The summed E-state index contributed by atoms with van der Waals surface area (Å²) in [5.41, 5.74) is 1.88. The molecule has 0 radical (unpaired) electrons. The van der Waals surface area contributed by atoms with E-state index in [-0.39, 0.29) is 5.91 Å². The van der Waals surface area contributed by atoms with Gasteiger partial charge in [-0.25, -0.2) is 0 Å². The number of carbonyl (C=O) groups is 1. The molecule has 0 bridgehead atoms. The maximum atomic E-state index is 11.9. The van der Waals surface area contributed by atoms with E-state index < -0.39 is 0 Å². The van der Waals surface area contributed by atoms with Crippen molar-refractivity contribution in [3.05, 3.63) is 44.6 Å². The highest BCUT2D eigenvalue weighted by Gasteiger charge is 2.10. The van der Waals surface area contributed by atoms with Crippen LogP contribution in [0.1, 0.15) is 15.2 Å². The molecule has 0 fully saturated rings. The predicted molar refractivity (Wildman–Crippen MR) is 78.4 cm³/mol. The summed E-state index contributed by atoms with van der Waals surface area (Å²) in [6, 6.07) is 7.59. The Labute approximate surface area is 118 Å². The zero-order valence-electron chi connectivity index (χ0n) is 9.03. The molecule has 0 saturated heterocycles. The van der Waals surface area contributed by atoms with E-state index in [9.17, 15) is 4.79 Å². The molecule has 0 spiro atoms. The fourth-order valence-corrected chi connectivity index (χ4v) is 2.75. The number of hydrogen-bond donors (Lipinski definition) is 2. The molecule has 0 saturated carbocycles. The SMILES string of the molecule is Cc1ccc(Br)c(NC(=O)c2cc(S)cs2)c1. The molecule has 17 heavy (non-hydrogen) atoms. The Morgan fingerprint density at radius 2 is 2.18 bits per heavy atom. The second kappa shape index (κ2) is 5.25. The summed E-state index contributed by atoms with van der Waals surface area (Å²) in [5, 5.41) is 4.71. The first-order chi connectivity index (χ1) is 8.06. The minimum Gasteiger partial charge on any atom is -0.320 e. The third kappa shape index (κ3) is 3.12. The van der Waals surface area contributed by atoms with Crippen LogP contribution in [0.4, 0.5) is 5.69 Å². The van der Waals surface area contributed by atoms with E-state index in [1.807, 2.05) is 30.5 Å². The third-order valence-electron chi connectivity index (χ3n) is 2.18.